The third kappa shape index (κ3) is 23.6. The summed E-state index contributed by atoms with van der Waals surface area (Å²) < 4.78 is 32.1. The van der Waals surface area contributed by atoms with Crippen LogP contribution >= 0.6 is 11.6 Å². The molecule has 154 valence electrons. The molecule has 0 saturated heterocycles. The standard InChI is InChI=1S/C19H35ClO6/c1-2-8-21-10-12-23-14-16-25-18-19-26-17-15-24-13-11-22-9-6-4-3-5-7-20/h1H,3-19H2. The minimum Gasteiger partial charge on any atom is -0.379 e. The van der Waals surface area contributed by atoms with Gasteiger partial charge >= 0.3 is 0 Å². The maximum atomic E-state index is 5.62. The van der Waals surface area contributed by atoms with Crippen LogP contribution in [-0.4, -0.2) is 85.2 Å². The van der Waals surface area contributed by atoms with E-state index < -0.39 is 0 Å². The number of hydrogen-bond acceptors (Lipinski definition) is 6. The molecule has 0 atom stereocenters. The summed E-state index contributed by atoms with van der Waals surface area (Å²) in [6.45, 7) is 6.68. The van der Waals surface area contributed by atoms with Gasteiger partial charge in [0, 0.05) is 12.5 Å². The highest BCUT2D eigenvalue weighted by molar-refractivity contribution is 6.17. The summed E-state index contributed by atoms with van der Waals surface area (Å²) in [5.41, 5.74) is 0. The molecule has 0 heterocycles. The lowest BCUT2D eigenvalue weighted by Gasteiger charge is -2.08. The Balaban J connectivity index is 2.96. The van der Waals surface area contributed by atoms with Crippen LogP contribution in [0.2, 0.25) is 0 Å². The quantitative estimate of drug-likeness (QED) is 0.160. The van der Waals surface area contributed by atoms with Crippen molar-refractivity contribution in [3.05, 3.63) is 0 Å². The van der Waals surface area contributed by atoms with Crippen molar-refractivity contribution in [3.63, 3.8) is 0 Å². The van der Waals surface area contributed by atoms with Crippen LogP contribution in [0.4, 0.5) is 0 Å². The normalized spacial score (nSPS) is 10.9. The van der Waals surface area contributed by atoms with E-state index >= 15 is 0 Å². The lowest BCUT2D eigenvalue weighted by atomic mass is 10.2. The van der Waals surface area contributed by atoms with Gasteiger partial charge in [0.2, 0.25) is 0 Å². The minimum atomic E-state index is 0.323. The van der Waals surface area contributed by atoms with Crippen molar-refractivity contribution in [2.45, 2.75) is 25.7 Å². The average Bonchev–Trinajstić information content (AvgIpc) is 2.66. The van der Waals surface area contributed by atoms with E-state index in [1.807, 2.05) is 0 Å². The molecule has 0 radical (unpaired) electrons. The van der Waals surface area contributed by atoms with Crippen LogP contribution in [0.5, 0.6) is 0 Å². The van der Waals surface area contributed by atoms with Crippen LogP contribution in [0.25, 0.3) is 0 Å². The summed E-state index contributed by atoms with van der Waals surface area (Å²) in [5, 5.41) is 0. The van der Waals surface area contributed by atoms with Crippen molar-refractivity contribution in [2.75, 3.05) is 85.2 Å². The molecule has 0 bridgehead atoms. The zero-order chi connectivity index (χ0) is 19.0. The first-order valence-electron chi connectivity index (χ1n) is 9.37. The minimum absolute atomic E-state index is 0.323. The zero-order valence-electron chi connectivity index (χ0n) is 15.9. The Morgan fingerprint density at radius 3 is 1.31 bits per heavy atom. The molecule has 26 heavy (non-hydrogen) atoms. The third-order valence-electron chi connectivity index (χ3n) is 3.22. The van der Waals surface area contributed by atoms with Crippen molar-refractivity contribution in [3.8, 4) is 12.3 Å². The summed E-state index contributed by atoms with van der Waals surface area (Å²) in [6.07, 6.45) is 9.59. The largest absolute Gasteiger partial charge is 0.379 e. The highest BCUT2D eigenvalue weighted by Crippen LogP contribution is 2.01. The van der Waals surface area contributed by atoms with E-state index in [9.17, 15) is 0 Å². The summed E-state index contributed by atoms with van der Waals surface area (Å²) in [4.78, 5) is 0. The first-order chi connectivity index (χ1) is 12.9. The fourth-order valence-electron chi connectivity index (χ4n) is 1.88. The van der Waals surface area contributed by atoms with E-state index in [2.05, 4.69) is 5.92 Å². The first kappa shape index (κ1) is 25.6. The van der Waals surface area contributed by atoms with Gasteiger partial charge in [0.1, 0.15) is 6.61 Å². The molecule has 0 aliphatic heterocycles. The van der Waals surface area contributed by atoms with Crippen molar-refractivity contribution in [2.24, 2.45) is 0 Å². The molecule has 0 fully saturated rings. The second-order valence-electron chi connectivity index (χ2n) is 5.42. The number of halogens is 1. The van der Waals surface area contributed by atoms with Gasteiger partial charge in [-0.15, -0.1) is 18.0 Å². The molecule has 0 saturated carbocycles. The Morgan fingerprint density at radius 2 is 0.885 bits per heavy atom. The van der Waals surface area contributed by atoms with Crippen LogP contribution < -0.4 is 0 Å². The molecule has 0 unspecified atom stereocenters. The molecule has 0 N–H and O–H groups in total. The second-order valence-corrected chi connectivity index (χ2v) is 5.80. The van der Waals surface area contributed by atoms with Gasteiger partial charge in [-0.3, -0.25) is 0 Å². The van der Waals surface area contributed by atoms with Gasteiger partial charge in [-0.25, -0.2) is 0 Å². The highest BCUT2D eigenvalue weighted by atomic mass is 35.5. The van der Waals surface area contributed by atoms with Gasteiger partial charge in [0.15, 0.2) is 0 Å². The molecule has 0 amide bonds. The van der Waals surface area contributed by atoms with E-state index in [1.54, 1.807) is 0 Å². The average molecular weight is 395 g/mol. The predicted octanol–water partition coefficient (Wildman–Crippen LogP) is 2.52. The van der Waals surface area contributed by atoms with Gasteiger partial charge in [-0.05, 0) is 12.8 Å². The Morgan fingerprint density at radius 1 is 0.500 bits per heavy atom. The fraction of sp³-hybridized carbons (Fsp3) is 0.895. The molecule has 7 heteroatoms. The Hall–Kier alpha value is -0.390. The lowest BCUT2D eigenvalue weighted by Crippen LogP contribution is -2.14. The van der Waals surface area contributed by atoms with E-state index in [0.717, 1.165) is 25.3 Å². The van der Waals surface area contributed by atoms with Crippen LogP contribution in [-0.2, 0) is 28.4 Å². The number of hydrogen-bond donors (Lipinski definition) is 0. The van der Waals surface area contributed by atoms with Gasteiger partial charge in [0.25, 0.3) is 0 Å². The Kier molecular flexibility index (Phi) is 24.2. The second kappa shape index (κ2) is 24.6. The zero-order valence-corrected chi connectivity index (χ0v) is 16.7. The summed E-state index contributed by atoms with van der Waals surface area (Å²) in [6, 6.07) is 0. The number of unbranched alkanes of at least 4 members (excludes halogenated alkanes) is 3. The van der Waals surface area contributed by atoms with Crippen LogP contribution in [0, 0.1) is 12.3 Å². The molecule has 0 aliphatic rings. The van der Waals surface area contributed by atoms with Gasteiger partial charge in [-0.1, -0.05) is 18.8 Å². The van der Waals surface area contributed by atoms with Crippen molar-refractivity contribution >= 4 is 11.6 Å². The van der Waals surface area contributed by atoms with Gasteiger partial charge < -0.3 is 28.4 Å². The highest BCUT2D eigenvalue weighted by Gasteiger charge is 1.94. The number of alkyl halides is 1. The van der Waals surface area contributed by atoms with Crippen LogP contribution in [0.1, 0.15) is 25.7 Å². The molecule has 0 aliphatic carbocycles. The molecule has 0 aromatic carbocycles. The molecule has 0 aromatic rings. The van der Waals surface area contributed by atoms with Crippen molar-refractivity contribution in [1.29, 1.82) is 0 Å². The van der Waals surface area contributed by atoms with E-state index in [-0.39, 0.29) is 0 Å². The molecular formula is C19H35ClO6. The fourth-order valence-corrected chi connectivity index (χ4v) is 2.07. The van der Waals surface area contributed by atoms with Crippen LogP contribution in [0.3, 0.4) is 0 Å². The summed E-state index contributed by atoms with van der Waals surface area (Å²) in [7, 11) is 0. The van der Waals surface area contributed by atoms with Gasteiger partial charge in [-0.2, -0.15) is 0 Å². The summed E-state index contributed by atoms with van der Waals surface area (Å²) >= 11 is 5.62. The number of terminal acetylenes is 1. The topological polar surface area (TPSA) is 55.4 Å². The van der Waals surface area contributed by atoms with E-state index in [0.29, 0.717) is 72.7 Å². The maximum absolute atomic E-state index is 5.62. The lowest BCUT2D eigenvalue weighted by molar-refractivity contribution is -0.0156. The molecule has 0 rings (SSSR count). The smallest absolute Gasteiger partial charge is 0.107 e. The molecule has 0 spiro atoms. The van der Waals surface area contributed by atoms with Crippen LogP contribution in [0.15, 0.2) is 0 Å². The summed E-state index contributed by atoms with van der Waals surface area (Å²) in [5.74, 6) is 3.15. The van der Waals surface area contributed by atoms with E-state index in [1.165, 1.54) is 12.8 Å². The Labute approximate surface area is 163 Å². The SMILES string of the molecule is C#CCOCCOCCOCCOCCOCCOCCCCCCCl. The van der Waals surface area contributed by atoms with Gasteiger partial charge in [0.05, 0.1) is 66.1 Å². The monoisotopic (exact) mass is 394 g/mol. The molecule has 6 nitrogen and oxygen atoms in total. The van der Waals surface area contributed by atoms with Crippen molar-refractivity contribution < 1.29 is 28.4 Å². The first-order valence-corrected chi connectivity index (χ1v) is 9.91. The maximum Gasteiger partial charge on any atom is 0.107 e. The third-order valence-corrected chi connectivity index (χ3v) is 3.49. The predicted molar refractivity (Wildman–Crippen MR) is 103 cm³/mol. The van der Waals surface area contributed by atoms with E-state index in [4.69, 9.17) is 46.4 Å². The number of ether oxygens (including phenoxy) is 6. The molecular weight excluding hydrogens is 360 g/mol. The molecule has 0 aromatic heterocycles. The van der Waals surface area contributed by atoms with Crippen molar-refractivity contribution in [1.82, 2.24) is 0 Å². The Bertz CT molecular complexity index is 298. The number of rotatable bonds is 22.